The zero-order valence-corrected chi connectivity index (χ0v) is 11.5. The standard InChI is InChI=1S/C15H25NO2/c1-3-18-9(2)15(17)16-14-8-10-7-13(14)12-6-4-5-11(10)12/h9-14H,3-8H2,1-2H3,(H,16,17). The average molecular weight is 251 g/mol. The van der Waals surface area contributed by atoms with E-state index in [9.17, 15) is 4.79 Å². The van der Waals surface area contributed by atoms with Crippen molar-refractivity contribution in [3.05, 3.63) is 0 Å². The minimum Gasteiger partial charge on any atom is -0.369 e. The molecule has 0 aromatic heterocycles. The first kappa shape index (κ1) is 12.5. The fourth-order valence-corrected chi connectivity index (χ4v) is 4.86. The van der Waals surface area contributed by atoms with Gasteiger partial charge in [-0.25, -0.2) is 0 Å². The Morgan fingerprint density at radius 1 is 1.28 bits per heavy atom. The lowest BCUT2D eigenvalue weighted by Gasteiger charge is -2.32. The Hall–Kier alpha value is -0.570. The molecule has 0 aromatic rings. The summed E-state index contributed by atoms with van der Waals surface area (Å²) in [5.74, 6) is 3.66. The lowest BCUT2D eigenvalue weighted by atomic mass is 9.79. The van der Waals surface area contributed by atoms with Crippen LogP contribution < -0.4 is 5.32 Å². The Kier molecular flexibility index (Phi) is 3.35. The molecule has 0 aromatic carbocycles. The molecule has 0 saturated heterocycles. The Balaban J connectivity index is 1.58. The third-order valence-corrected chi connectivity index (χ3v) is 5.54. The van der Waals surface area contributed by atoms with Gasteiger partial charge in [-0.2, -0.15) is 0 Å². The minimum atomic E-state index is -0.298. The smallest absolute Gasteiger partial charge is 0.249 e. The molecule has 1 N–H and O–H groups in total. The molecule has 0 spiro atoms. The molecule has 0 heterocycles. The number of hydrogen-bond acceptors (Lipinski definition) is 2. The average Bonchev–Trinajstić information content (AvgIpc) is 3.00. The fourth-order valence-electron chi connectivity index (χ4n) is 4.86. The monoisotopic (exact) mass is 251 g/mol. The molecule has 2 bridgehead atoms. The molecule has 3 nitrogen and oxygen atoms in total. The van der Waals surface area contributed by atoms with Crippen molar-refractivity contribution >= 4 is 5.91 Å². The minimum absolute atomic E-state index is 0.0870. The van der Waals surface area contributed by atoms with Gasteiger partial charge in [-0.05, 0) is 63.2 Å². The van der Waals surface area contributed by atoms with Crippen LogP contribution in [0, 0.1) is 23.7 Å². The van der Waals surface area contributed by atoms with Crippen LogP contribution >= 0.6 is 0 Å². The summed E-state index contributed by atoms with van der Waals surface area (Å²) in [6.07, 6.45) is 6.55. The van der Waals surface area contributed by atoms with Crippen molar-refractivity contribution in [2.75, 3.05) is 6.61 Å². The molecule has 3 saturated carbocycles. The van der Waals surface area contributed by atoms with E-state index in [1.54, 1.807) is 0 Å². The molecule has 3 heteroatoms. The molecule has 102 valence electrons. The van der Waals surface area contributed by atoms with Gasteiger partial charge in [0.25, 0.3) is 0 Å². The molecule has 3 aliphatic rings. The summed E-state index contributed by atoms with van der Waals surface area (Å²) in [7, 11) is 0. The largest absolute Gasteiger partial charge is 0.369 e. The molecule has 6 atom stereocenters. The predicted molar refractivity (Wildman–Crippen MR) is 70.1 cm³/mol. The van der Waals surface area contributed by atoms with Crippen LogP contribution in [0.25, 0.3) is 0 Å². The number of fused-ring (bicyclic) bond motifs is 5. The summed E-state index contributed by atoms with van der Waals surface area (Å²) >= 11 is 0. The zero-order chi connectivity index (χ0) is 12.7. The van der Waals surface area contributed by atoms with Crippen molar-refractivity contribution in [1.29, 1.82) is 0 Å². The third kappa shape index (κ3) is 1.97. The highest BCUT2D eigenvalue weighted by Crippen LogP contribution is 2.58. The summed E-state index contributed by atoms with van der Waals surface area (Å²) < 4.78 is 5.37. The lowest BCUT2D eigenvalue weighted by Crippen LogP contribution is -2.46. The summed E-state index contributed by atoms with van der Waals surface area (Å²) in [4.78, 5) is 12.0. The third-order valence-electron chi connectivity index (χ3n) is 5.54. The number of carbonyl (C=O) groups is 1. The van der Waals surface area contributed by atoms with Crippen molar-refractivity contribution < 1.29 is 9.53 Å². The van der Waals surface area contributed by atoms with Gasteiger partial charge in [0.05, 0.1) is 0 Å². The van der Waals surface area contributed by atoms with Crippen LogP contribution in [0.3, 0.4) is 0 Å². The number of carbonyl (C=O) groups excluding carboxylic acids is 1. The van der Waals surface area contributed by atoms with Crippen molar-refractivity contribution in [3.63, 3.8) is 0 Å². The molecule has 18 heavy (non-hydrogen) atoms. The summed E-state index contributed by atoms with van der Waals surface area (Å²) in [6, 6.07) is 0.435. The van der Waals surface area contributed by atoms with E-state index in [4.69, 9.17) is 4.74 Å². The summed E-state index contributed by atoms with van der Waals surface area (Å²) in [5.41, 5.74) is 0. The molecular formula is C15H25NO2. The van der Waals surface area contributed by atoms with Gasteiger partial charge in [-0.1, -0.05) is 6.42 Å². The zero-order valence-electron chi connectivity index (χ0n) is 11.5. The van der Waals surface area contributed by atoms with E-state index in [-0.39, 0.29) is 12.0 Å². The maximum atomic E-state index is 12.0. The second-order valence-corrected chi connectivity index (χ2v) is 6.37. The van der Waals surface area contributed by atoms with Gasteiger partial charge in [0, 0.05) is 12.6 Å². The number of hydrogen-bond donors (Lipinski definition) is 1. The molecule has 1 amide bonds. The Labute approximate surface area is 110 Å². The van der Waals surface area contributed by atoms with E-state index < -0.39 is 0 Å². The predicted octanol–water partition coefficient (Wildman–Crippen LogP) is 2.35. The van der Waals surface area contributed by atoms with E-state index in [0.29, 0.717) is 12.6 Å². The first-order valence-corrected chi connectivity index (χ1v) is 7.62. The van der Waals surface area contributed by atoms with Crippen LogP contribution in [0.1, 0.15) is 46.0 Å². The van der Waals surface area contributed by atoms with E-state index in [0.717, 1.165) is 23.7 Å². The highest BCUT2D eigenvalue weighted by atomic mass is 16.5. The van der Waals surface area contributed by atoms with Gasteiger partial charge in [-0.15, -0.1) is 0 Å². The van der Waals surface area contributed by atoms with Gasteiger partial charge in [0.1, 0.15) is 6.10 Å². The first-order valence-electron chi connectivity index (χ1n) is 7.62. The van der Waals surface area contributed by atoms with Crippen LogP contribution in [0.15, 0.2) is 0 Å². The SMILES string of the molecule is CCOC(C)C(=O)NC1CC2CC1C1CCCC21. The molecular weight excluding hydrogens is 226 g/mol. The summed E-state index contributed by atoms with van der Waals surface area (Å²) in [5, 5.41) is 3.24. The van der Waals surface area contributed by atoms with E-state index in [1.807, 2.05) is 13.8 Å². The van der Waals surface area contributed by atoms with E-state index in [1.165, 1.54) is 32.1 Å². The molecule has 3 rings (SSSR count). The second kappa shape index (κ2) is 4.84. The van der Waals surface area contributed by atoms with Crippen LogP contribution in [-0.2, 0) is 9.53 Å². The van der Waals surface area contributed by atoms with Gasteiger partial charge < -0.3 is 10.1 Å². The second-order valence-electron chi connectivity index (χ2n) is 6.37. The van der Waals surface area contributed by atoms with Gasteiger partial charge in [0.15, 0.2) is 0 Å². The molecule has 3 fully saturated rings. The van der Waals surface area contributed by atoms with Crippen molar-refractivity contribution in [2.24, 2.45) is 23.7 Å². The quantitative estimate of drug-likeness (QED) is 0.833. The Morgan fingerprint density at radius 3 is 2.83 bits per heavy atom. The molecule has 6 unspecified atom stereocenters. The summed E-state index contributed by atoms with van der Waals surface area (Å²) in [6.45, 7) is 4.39. The first-order chi connectivity index (χ1) is 8.70. The number of amides is 1. The molecule has 0 aliphatic heterocycles. The maximum Gasteiger partial charge on any atom is 0.249 e. The van der Waals surface area contributed by atoms with Crippen LogP contribution in [0.4, 0.5) is 0 Å². The van der Waals surface area contributed by atoms with Crippen LogP contribution in [-0.4, -0.2) is 24.7 Å². The Bertz CT molecular complexity index is 330. The lowest BCUT2D eigenvalue weighted by molar-refractivity contribution is -0.132. The topological polar surface area (TPSA) is 38.3 Å². The number of nitrogens with one attached hydrogen (secondary N) is 1. The van der Waals surface area contributed by atoms with Gasteiger partial charge >= 0.3 is 0 Å². The number of ether oxygens (including phenoxy) is 1. The van der Waals surface area contributed by atoms with Gasteiger partial charge in [0.2, 0.25) is 5.91 Å². The Morgan fingerprint density at radius 2 is 2.06 bits per heavy atom. The molecule has 3 aliphatic carbocycles. The molecule has 0 radical (unpaired) electrons. The van der Waals surface area contributed by atoms with E-state index >= 15 is 0 Å². The maximum absolute atomic E-state index is 12.0. The fraction of sp³-hybridized carbons (Fsp3) is 0.933. The van der Waals surface area contributed by atoms with Crippen molar-refractivity contribution in [3.8, 4) is 0 Å². The van der Waals surface area contributed by atoms with Crippen LogP contribution in [0.5, 0.6) is 0 Å². The van der Waals surface area contributed by atoms with Crippen LogP contribution in [0.2, 0.25) is 0 Å². The van der Waals surface area contributed by atoms with Crippen molar-refractivity contribution in [2.45, 2.75) is 58.1 Å². The van der Waals surface area contributed by atoms with E-state index in [2.05, 4.69) is 5.32 Å². The number of rotatable bonds is 4. The normalized spacial score (nSPS) is 42.9. The van der Waals surface area contributed by atoms with Crippen molar-refractivity contribution in [1.82, 2.24) is 5.32 Å². The highest BCUT2D eigenvalue weighted by Gasteiger charge is 2.54. The highest BCUT2D eigenvalue weighted by molar-refractivity contribution is 5.80. The van der Waals surface area contributed by atoms with Gasteiger partial charge in [-0.3, -0.25) is 4.79 Å².